The molecule has 0 spiro atoms. The van der Waals surface area contributed by atoms with Crippen LogP contribution in [0.25, 0.3) is 0 Å². The second-order valence-electron chi connectivity index (χ2n) is 8.50. The lowest BCUT2D eigenvalue weighted by molar-refractivity contribution is -0.127. The first-order valence-corrected chi connectivity index (χ1v) is 10.3. The fraction of sp³-hybridized carbons (Fsp3) is 0.417. The van der Waals surface area contributed by atoms with Crippen molar-refractivity contribution in [1.82, 2.24) is 10.2 Å². The Labute approximate surface area is 183 Å². The second kappa shape index (κ2) is 9.29. The molecular weight excluding hydrogens is 396 g/mol. The number of benzene rings is 2. The van der Waals surface area contributed by atoms with E-state index in [2.05, 4.69) is 5.32 Å². The minimum Gasteiger partial charge on any atom is -0.493 e. The molecule has 3 rings (SSSR count). The minimum absolute atomic E-state index is 0.227. The van der Waals surface area contributed by atoms with Crippen molar-refractivity contribution in [2.24, 2.45) is 0 Å². The van der Waals surface area contributed by atoms with E-state index >= 15 is 0 Å². The highest BCUT2D eigenvalue weighted by Gasteiger charge is 2.36. The lowest BCUT2D eigenvalue weighted by Gasteiger charge is -2.36. The highest BCUT2D eigenvalue weighted by Crippen LogP contribution is 2.28. The molecule has 2 amide bonds. The average molecular weight is 427 g/mol. The van der Waals surface area contributed by atoms with Gasteiger partial charge in [0.15, 0.2) is 11.5 Å². The van der Waals surface area contributed by atoms with Crippen molar-refractivity contribution >= 4 is 12.0 Å². The predicted molar refractivity (Wildman–Crippen MR) is 117 cm³/mol. The zero-order valence-electron chi connectivity index (χ0n) is 18.7. The average Bonchev–Trinajstić information content (AvgIpc) is 2.75. The first kappa shape index (κ1) is 22.5. The van der Waals surface area contributed by atoms with E-state index in [0.717, 1.165) is 16.7 Å². The standard InChI is InChI=1S/C24H30N2O5/c1-24(2,3)31-23(28)26-15-18-9-7-6-8-17(18)13-19(26)22(27)25-14-16-10-11-20(29-4)21(12-16)30-5/h6-12,19H,13-15H2,1-5H3,(H,25,27)/t19-/m0/s1. The fourth-order valence-corrected chi connectivity index (χ4v) is 3.57. The van der Waals surface area contributed by atoms with Crippen LogP contribution in [0.15, 0.2) is 42.5 Å². The molecule has 0 aliphatic carbocycles. The van der Waals surface area contributed by atoms with Crippen molar-refractivity contribution in [3.63, 3.8) is 0 Å². The van der Waals surface area contributed by atoms with Crippen LogP contribution in [0.2, 0.25) is 0 Å². The van der Waals surface area contributed by atoms with Gasteiger partial charge in [0.2, 0.25) is 5.91 Å². The van der Waals surface area contributed by atoms with Crippen molar-refractivity contribution < 1.29 is 23.8 Å². The summed E-state index contributed by atoms with van der Waals surface area (Å²) < 4.78 is 16.1. The summed E-state index contributed by atoms with van der Waals surface area (Å²) in [6.07, 6.45) is -0.0547. The maximum Gasteiger partial charge on any atom is 0.411 e. The third kappa shape index (κ3) is 5.48. The number of ether oxygens (including phenoxy) is 3. The maximum absolute atomic E-state index is 13.1. The molecule has 2 aromatic carbocycles. The molecule has 166 valence electrons. The van der Waals surface area contributed by atoms with Crippen LogP contribution in [-0.4, -0.2) is 42.8 Å². The van der Waals surface area contributed by atoms with E-state index < -0.39 is 17.7 Å². The van der Waals surface area contributed by atoms with Gasteiger partial charge in [0.1, 0.15) is 11.6 Å². The summed E-state index contributed by atoms with van der Waals surface area (Å²) in [5.74, 6) is 0.990. The fourth-order valence-electron chi connectivity index (χ4n) is 3.57. The van der Waals surface area contributed by atoms with Crippen LogP contribution in [0.1, 0.15) is 37.5 Å². The Balaban J connectivity index is 1.77. The zero-order chi connectivity index (χ0) is 22.6. The number of carbonyl (C=O) groups excluding carboxylic acids is 2. The van der Waals surface area contributed by atoms with Gasteiger partial charge in [0.05, 0.1) is 20.8 Å². The Morgan fingerprint density at radius 2 is 1.71 bits per heavy atom. The first-order chi connectivity index (χ1) is 14.7. The van der Waals surface area contributed by atoms with Gasteiger partial charge >= 0.3 is 6.09 Å². The Hall–Kier alpha value is -3.22. The van der Waals surface area contributed by atoms with Crippen LogP contribution in [0.3, 0.4) is 0 Å². The molecule has 1 N–H and O–H groups in total. The number of carbonyl (C=O) groups is 2. The lowest BCUT2D eigenvalue weighted by Crippen LogP contribution is -2.53. The van der Waals surface area contributed by atoms with E-state index in [4.69, 9.17) is 14.2 Å². The van der Waals surface area contributed by atoms with E-state index in [9.17, 15) is 9.59 Å². The van der Waals surface area contributed by atoms with Crippen molar-refractivity contribution in [2.45, 2.75) is 51.9 Å². The molecule has 0 fully saturated rings. The molecule has 0 saturated heterocycles. The predicted octanol–water partition coefficient (Wildman–Crippen LogP) is 3.68. The van der Waals surface area contributed by atoms with Crippen LogP contribution >= 0.6 is 0 Å². The molecule has 7 heteroatoms. The molecule has 1 heterocycles. The molecule has 1 aliphatic rings. The monoisotopic (exact) mass is 426 g/mol. The van der Waals surface area contributed by atoms with E-state index in [-0.39, 0.29) is 5.91 Å². The topological polar surface area (TPSA) is 77.1 Å². The van der Waals surface area contributed by atoms with Crippen molar-refractivity contribution in [3.8, 4) is 11.5 Å². The number of rotatable bonds is 5. The molecule has 0 saturated carbocycles. The van der Waals surface area contributed by atoms with Crippen molar-refractivity contribution in [1.29, 1.82) is 0 Å². The Morgan fingerprint density at radius 3 is 2.35 bits per heavy atom. The molecule has 1 aliphatic heterocycles. The largest absolute Gasteiger partial charge is 0.493 e. The summed E-state index contributed by atoms with van der Waals surface area (Å²) in [7, 11) is 3.14. The van der Waals surface area contributed by atoms with Crippen LogP contribution in [-0.2, 0) is 29.0 Å². The quantitative estimate of drug-likeness (QED) is 0.789. The molecule has 0 aromatic heterocycles. The second-order valence-corrected chi connectivity index (χ2v) is 8.50. The number of nitrogens with zero attached hydrogens (tertiary/aromatic N) is 1. The summed E-state index contributed by atoms with van der Waals surface area (Å²) in [5, 5.41) is 2.95. The highest BCUT2D eigenvalue weighted by atomic mass is 16.6. The molecule has 0 bridgehead atoms. The molecular formula is C24H30N2O5. The van der Waals surface area contributed by atoms with Crippen LogP contribution in [0, 0.1) is 0 Å². The van der Waals surface area contributed by atoms with Gasteiger partial charge in [0, 0.05) is 13.0 Å². The van der Waals surface area contributed by atoms with E-state index in [1.807, 2.05) is 57.2 Å². The summed E-state index contributed by atoms with van der Waals surface area (Å²) in [6.45, 7) is 6.08. The van der Waals surface area contributed by atoms with Gasteiger partial charge in [-0.2, -0.15) is 0 Å². The van der Waals surface area contributed by atoms with Gasteiger partial charge in [-0.1, -0.05) is 30.3 Å². The lowest BCUT2D eigenvalue weighted by atomic mass is 9.93. The van der Waals surface area contributed by atoms with Crippen LogP contribution in [0.5, 0.6) is 11.5 Å². The van der Waals surface area contributed by atoms with Gasteiger partial charge in [-0.05, 0) is 49.6 Å². The minimum atomic E-state index is -0.648. The van der Waals surface area contributed by atoms with E-state index in [0.29, 0.717) is 31.0 Å². The molecule has 31 heavy (non-hydrogen) atoms. The van der Waals surface area contributed by atoms with Crippen LogP contribution < -0.4 is 14.8 Å². The Kier molecular flexibility index (Phi) is 6.73. The van der Waals surface area contributed by atoms with Crippen LogP contribution in [0.4, 0.5) is 4.79 Å². The van der Waals surface area contributed by atoms with E-state index in [1.54, 1.807) is 20.3 Å². The molecule has 0 unspecified atom stereocenters. The number of amides is 2. The molecule has 2 aromatic rings. The first-order valence-electron chi connectivity index (χ1n) is 10.3. The van der Waals surface area contributed by atoms with E-state index in [1.165, 1.54) is 4.90 Å². The van der Waals surface area contributed by atoms with Crippen molar-refractivity contribution in [2.75, 3.05) is 14.2 Å². The number of methoxy groups -OCH3 is 2. The number of fused-ring (bicyclic) bond motifs is 1. The Bertz CT molecular complexity index is 951. The van der Waals surface area contributed by atoms with Gasteiger partial charge in [-0.3, -0.25) is 9.69 Å². The van der Waals surface area contributed by atoms with Crippen molar-refractivity contribution in [3.05, 3.63) is 59.2 Å². The smallest absolute Gasteiger partial charge is 0.411 e. The summed E-state index contributed by atoms with van der Waals surface area (Å²) in [6, 6.07) is 12.7. The van der Waals surface area contributed by atoms with Gasteiger partial charge in [0.25, 0.3) is 0 Å². The molecule has 7 nitrogen and oxygen atoms in total. The van der Waals surface area contributed by atoms with Gasteiger partial charge in [-0.15, -0.1) is 0 Å². The Morgan fingerprint density at radius 1 is 1.03 bits per heavy atom. The number of hydrogen-bond donors (Lipinski definition) is 1. The zero-order valence-corrected chi connectivity index (χ0v) is 18.7. The summed E-state index contributed by atoms with van der Waals surface area (Å²) >= 11 is 0. The SMILES string of the molecule is COc1ccc(CNC(=O)[C@@H]2Cc3ccccc3CN2C(=O)OC(C)(C)C)cc1OC. The normalized spacial score (nSPS) is 15.6. The van der Waals surface area contributed by atoms with Gasteiger partial charge in [-0.25, -0.2) is 4.79 Å². The number of nitrogens with one attached hydrogen (secondary N) is 1. The summed E-state index contributed by atoms with van der Waals surface area (Å²) in [4.78, 5) is 27.5. The third-order valence-electron chi connectivity index (χ3n) is 5.09. The highest BCUT2D eigenvalue weighted by molar-refractivity contribution is 5.86. The number of hydrogen-bond acceptors (Lipinski definition) is 5. The van der Waals surface area contributed by atoms with Gasteiger partial charge < -0.3 is 19.5 Å². The maximum atomic E-state index is 13.1. The molecule has 0 radical (unpaired) electrons. The third-order valence-corrected chi connectivity index (χ3v) is 5.09. The molecule has 1 atom stereocenters. The summed E-state index contributed by atoms with van der Waals surface area (Å²) in [5.41, 5.74) is 2.31.